The number of anilines is 2. The van der Waals surface area contributed by atoms with E-state index in [0.717, 1.165) is 32.6 Å². The molecule has 2 atom stereocenters. The Morgan fingerprint density at radius 3 is 2.49 bits per heavy atom. The Balaban J connectivity index is 1.31. The zero-order valence-corrected chi connectivity index (χ0v) is 27.5. The van der Waals surface area contributed by atoms with Crippen LogP contribution in [0, 0.1) is 5.82 Å². The molecule has 0 saturated carbocycles. The van der Waals surface area contributed by atoms with Gasteiger partial charge >= 0.3 is 6.03 Å². The Morgan fingerprint density at radius 2 is 1.79 bits per heavy atom. The van der Waals surface area contributed by atoms with Gasteiger partial charge in [0.2, 0.25) is 11.8 Å². The van der Waals surface area contributed by atoms with E-state index < -0.39 is 12.2 Å². The number of nitrogen functional groups attached to an aromatic ring is 1. The number of thiazole rings is 1. The molecule has 0 spiro atoms. The van der Waals surface area contributed by atoms with Crippen LogP contribution in [-0.2, 0) is 29.1 Å². The number of nitrogens with two attached hydrogens (primary N) is 1. The highest BCUT2D eigenvalue weighted by molar-refractivity contribution is 7.22. The molecule has 13 heteroatoms. The second-order valence-electron chi connectivity index (χ2n) is 12.1. The lowest BCUT2D eigenvalue weighted by molar-refractivity contribution is -0.157. The molecule has 3 N–H and O–H groups in total. The number of fused-ring (bicyclic) bond motifs is 2. The Hall–Kier alpha value is -4.75. The van der Waals surface area contributed by atoms with E-state index in [2.05, 4.69) is 10.3 Å². The molecule has 0 unspecified atom stereocenters. The summed E-state index contributed by atoms with van der Waals surface area (Å²) in [4.78, 5) is 51.7. The molecule has 0 aliphatic carbocycles. The molecule has 6 rings (SSSR count). The number of rotatable bonds is 10. The molecule has 1 aromatic heterocycles. The molecule has 2 fully saturated rings. The molecule has 4 amide bonds. The van der Waals surface area contributed by atoms with E-state index in [1.807, 2.05) is 68.4 Å². The van der Waals surface area contributed by atoms with Crippen LogP contribution in [0.3, 0.4) is 0 Å². The molecule has 11 nitrogen and oxygen atoms in total. The number of benzene rings is 3. The molecule has 4 aromatic rings. The fraction of sp³-hybridized carbons (Fsp3) is 0.353. The first-order valence-corrected chi connectivity index (χ1v) is 16.5. The largest absolute Gasteiger partial charge is 0.378 e. The van der Waals surface area contributed by atoms with Crippen molar-refractivity contribution in [3.05, 3.63) is 89.2 Å². The topological polar surface area (TPSA) is 118 Å². The summed E-state index contributed by atoms with van der Waals surface area (Å²) in [5.41, 5.74) is 10.4. The van der Waals surface area contributed by atoms with Gasteiger partial charge in [0.05, 0.1) is 23.3 Å². The van der Waals surface area contributed by atoms with Crippen LogP contribution in [0.15, 0.2) is 66.7 Å². The number of amides is 4. The van der Waals surface area contributed by atoms with Crippen LogP contribution in [-0.4, -0.2) is 88.6 Å². The minimum absolute atomic E-state index is 0.0377. The van der Waals surface area contributed by atoms with Gasteiger partial charge in [-0.25, -0.2) is 14.2 Å². The number of para-hydroxylation sites is 1. The van der Waals surface area contributed by atoms with Crippen LogP contribution in [0.25, 0.3) is 10.2 Å². The number of halogens is 1. The zero-order chi connectivity index (χ0) is 33.2. The minimum Gasteiger partial charge on any atom is -0.378 e. The Labute approximate surface area is 277 Å². The number of hydrogen-bond acceptors (Lipinski definition) is 8. The van der Waals surface area contributed by atoms with Crippen LogP contribution in [0.2, 0.25) is 0 Å². The van der Waals surface area contributed by atoms with Crippen LogP contribution in [0.1, 0.15) is 30.0 Å². The third-order valence-corrected chi connectivity index (χ3v) is 9.52. The summed E-state index contributed by atoms with van der Waals surface area (Å²) in [7, 11) is 3.93. The lowest BCUT2D eigenvalue weighted by Gasteiger charge is -2.46. The molecule has 0 bridgehead atoms. The lowest BCUT2D eigenvalue weighted by Crippen LogP contribution is -2.66. The van der Waals surface area contributed by atoms with Crippen molar-refractivity contribution in [1.82, 2.24) is 30.1 Å². The van der Waals surface area contributed by atoms with Crippen molar-refractivity contribution in [2.24, 2.45) is 0 Å². The molecular weight excluding hydrogens is 619 g/mol. The van der Waals surface area contributed by atoms with E-state index in [-0.39, 0.29) is 49.8 Å². The van der Waals surface area contributed by atoms with Crippen LogP contribution < -0.4 is 16.0 Å². The second-order valence-corrected chi connectivity index (χ2v) is 13.2. The van der Waals surface area contributed by atoms with E-state index in [9.17, 15) is 18.8 Å². The van der Waals surface area contributed by atoms with Gasteiger partial charge in [-0.2, -0.15) is 5.01 Å². The van der Waals surface area contributed by atoms with Crippen molar-refractivity contribution in [2.75, 3.05) is 44.4 Å². The van der Waals surface area contributed by atoms with Gasteiger partial charge in [0.1, 0.15) is 18.0 Å². The molecule has 2 saturated heterocycles. The highest BCUT2D eigenvalue weighted by Gasteiger charge is 2.52. The normalized spacial score (nSPS) is 18.1. The Bertz CT molecular complexity index is 1760. The highest BCUT2D eigenvalue weighted by Crippen LogP contribution is 2.32. The van der Waals surface area contributed by atoms with Crippen molar-refractivity contribution >= 4 is 50.2 Å². The standard InChI is InChI=1S/C34H39FN8O3S/c1-4-16-41(34(46)37-18-23-8-12-25(35)13-9-23)42-21-30(44)43-27(17-22-10-14-26(15-11-22)39(2)3)32(45)40(20-29(42)43)19-24-6-5-7-28-31(24)38-33(36)47-28/h5-15,27,29H,4,16-21H2,1-3H3,(H2,36,38)(H,37,46)/t27-,29+/m0/s1. The van der Waals surface area contributed by atoms with Gasteiger partial charge in [0.25, 0.3) is 0 Å². The predicted molar refractivity (Wildman–Crippen MR) is 181 cm³/mol. The van der Waals surface area contributed by atoms with E-state index in [4.69, 9.17) is 5.73 Å². The maximum Gasteiger partial charge on any atom is 0.332 e. The minimum atomic E-state index is -0.762. The van der Waals surface area contributed by atoms with E-state index in [1.165, 1.54) is 23.5 Å². The van der Waals surface area contributed by atoms with E-state index in [0.29, 0.717) is 24.5 Å². The number of piperazine rings is 1. The fourth-order valence-electron chi connectivity index (χ4n) is 6.33. The molecule has 3 heterocycles. The number of aromatic nitrogens is 1. The SMILES string of the molecule is CCCN(C(=O)NCc1ccc(F)cc1)N1CC(=O)N2[C@@H](Cc3ccc(N(C)C)cc3)C(=O)N(Cc3cccc4sc(N)nc34)C[C@@H]21. The molecule has 47 heavy (non-hydrogen) atoms. The third kappa shape index (κ3) is 6.72. The summed E-state index contributed by atoms with van der Waals surface area (Å²) in [5.74, 6) is -0.715. The summed E-state index contributed by atoms with van der Waals surface area (Å²) in [5, 5.41) is 6.74. The average Bonchev–Trinajstić information content (AvgIpc) is 3.60. The number of carbonyl (C=O) groups excluding carboxylic acids is 3. The number of hydrogen-bond donors (Lipinski definition) is 2. The monoisotopic (exact) mass is 658 g/mol. The van der Waals surface area contributed by atoms with E-state index in [1.54, 1.807) is 32.0 Å². The summed E-state index contributed by atoms with van der Waals surface area (Å²) >= 11 is 1.40. The quantitative estimate of drug-likeness (QED) is 0.264. The van der Waals surface area contributed by atoms with Crippen molar-refractivity contribution < 1.29 is 18.8 Å². The zero-order valence-electron chi connectivity index (χ0n) is 26.7. The fourth-order valence-corrected chi connectivity index (χ4v) is 7.11. The van der Waals surface area contributed by atoms with Crippen molar-refractivity contribution in [3.8, 4) is 0 Å². The Kier molecular flexibility index (Phi) is 9.28. The lowest BCUT2D eigenvalue weighted by atomic mass is 9.99. The van der Waals surface area contributed by atoms with Gasteiger partial charge in [-0.05, 0) is 53.4 Å². The molecule has 246 valence electrons. The molecule has 3 aromatic carbocycles. The molecule has 2 aliphatic rings. The first kappa shape index (κ1) is 32.2. The smallest absolute Gasteiger partial charge is 0.332 e. The predicted octanol–water partition coefficient (Wildman–Crippen LogP) is 4.04. The van der Waals surface area contributed by atoms with Crippen molar-refractivity contribution in [1.29, 1.82) is 0 Å². The van der Waals surface area contributed by atoms with Crippen LogP contribution >= 0.6 is 11.3 Å². The first-order valence-electron chi connectivity index (χ1n) is 15.7. The number of nitrogens with zero attached hydrogens (tertiary/aromatic N) is 6. The van der Waals surface area contributed by atoms with Crippen molar-refractivity contribution in [2.45, 2.75) is 45.1 Å². The average molecular weight is 659 g/mol. The maximum atomic E-state index is 14.3. The number of hydrazine groups is 1. The van der Waals surface area contributed by atoms with Gasteiger partial charge in [-0.15, -0.1) is 0 Å². The first-order chi connectivity index (χ1) is 22.6. The van der Waals surface area contributed by atoms with E-state index >= 15 is 0 Å². The van der Waals surface area contributed by atoms with Gasteiger partial charge in [0, 0.05) is 45.8 Å². The Morgan fingerprint density at radius 1 is 1.06 bits per heavy atom. The molecule has 2 aliphatic heterocycles. The number of nitrogens with one attached hydrogen (secondary N) is 1. The van der Waals surface area contributed by atoms with Gasteiger partial charge in [-0.3, -0.25) is 14.6 Å². The van der Waals surface area contributed by atoms with Gasteiger partial charge in [-0.1, -0.05) is 54.7 Å². The summed E-state index contributed by atoms with van der Waals surface area (Å²) in [6, 6.07) is 18.6. The summed E-state index contributed by atoms with van der Waals surface area (Å²) in [6.07, 6.45) is 0.422. The second kappa shape index (κ2) is 13.5. The van der Waals surface area contributed by atoms with Crippen molar-refractivity contribution in [3.63, 3.8) is 0 Å². The molecule has 0 radical (unpaired) electrons. The van der Waals surface area contributed by atoms with Gasteiger partial charge < -0.3 is 25.8 Å². The van der Waals surface area contributed by atoms with Gasteiger partial charge in [0.15, 0.2) is 5.13 Å². The number of carbonyl (C=O) groups is 3. The van der Waals surface area contributed by atoms with Crippen LogP contribution in [0.5, 0.6) is 0 Å². The summed E-state index contributed by atoms with van der Waals surface area (Å²) in [6.45, 7) is 2.99. The van der Waals surface area contributed by atoms with Crippen LogP contribution in [0.4, 0.5) is 20.0 Å². The molecular formula is C34H39FN8O3S. The summed E-state index contributed by atoms with van der Waals surface area (Å²) < 4.78 is 14.4. The maximum absolute atomic E-state index is 14.3. The third-order valence-electron chi connectivity index (χ3n) is 8.67. The number of urea groups is 1. The highest BCUT2D eigenvalue weighted by atomic mass is 32.1.